The monoisotopic (exact) mass is 209 g/mol. The van der Waals surface area contributed by atoms with Gasteiger partial charge in [-0.2, -0.15) is 0 Å². The predicted molar refractivity (Wildman–Crippen MR) is 60.7 cm³/mol. The van der Waals surface area contributed by atoms with Crippen molar-refractivity contribution in [3.05, 3.63) is 0 Å². The number of hydrogen-bond acceptors (Lipinski definition) is 2. The highest BCUT2D eigenvalue weighted by atomic mass is 16.3. The summed E-state index contributed by atoms with van der Waals surface area (Å²) in [5, 5.41) is 9.98. The molecule has 2 nitrogen and oxygen atoms in total. The molecule has 3 fully saturated rings. The Kier molecular flexibility index (Phi) is 2.73. The van der Waals surface area contributed by atoms with Gasteiger partial charge in [0.25, 0.3) is 0 Å². The van der Waals surface area contributed by atoms with Crippen molar-refractivity contribution in [1.82, 2.24) is 4.90 Å². The van der Waals surface area contributed by atoms with Crippen LogP contribution >= 0.6 is 0 Å². The van der Waals surface area contributed by atoms with Crippen molar-refractivity contribution >= 4 is 0 Å². The summed E-state index contributed by atoms with van der Waals surface area (Å²) in [7, 11) is 0. The Morgan fingerprint density at radius 3 is 1.87 bits per heavy atom. The van der Waals surface area contributed by atoms with Crippen molar-refractivity contribution in [1.29, 1.82) is 0 Å². The molecule has 3 rings (SSSR count). The van der Waals surface area contributed by atoms with Crippen molar-refractivity contribution in [3.8, 4) is 0 Å². The molecule has 3 aliphatic rings. The molecule has 0 heterocycles. The summed E-state index contributed by atoms with van der Waals surface area (Å²) in [5.74, 6) is 1.94. The van der Waals surface area contributed by atoms with Crippen molar-refractivity contribution in [2.75, 3.05) is 13.1 Å². The fourth-order valence-corrected chi connectivity index (χ4v) is 2.96. The first-order valence-corrected chi connectivity index (χ1v) is 6.75. The standard InChI is InChI=1S/C13H23NO/c15-13-3-1-2-12(13)14(8-10-4-5-10)9-11-6-7-11/h10-13,15H,1-9H2/t12-,13-/m1/s1. The summed E-state index contributed by atoms with van der Waals surface area (Å²) in [6.07, 6.45) is 9.22. The van der Waals surface area contributed by atoms with E-state index in [4.69, 9.17) is 0 Å². The van der Waals surface area contributed by atoms with Gasteiger partial charge in [-0.05, 0) is 56.8 Å². The second-order valence-corrected chi connectivity index (χ2v) is 5.91. The van der Waals surface area contributed by atoms with Crippen LogP contribution in [-0.2, 0) is 0 Å². The molecule has 86 valence electrons. The van der Waals surface area contributed by atoms with Gasteiger partial charge in [0, 0.05) is 19.1 Å². The Hall–Kier alpha value is -0.0800. The third-order valence-electron chi connectivity index (χ3n) is 4.29. The molecule has 2 heteroatoms. The third kappa shape index (κ3) is 2.54. The Bertz CT molecular complexity index is 209. The van der Waals surface area contributed by atoms with Gasteiger partial charge in [0.05, 0.1) is 6.10 Å². The molecule has 15 heavy (non-hydrogen) atoms. The van der Waals surface area contributed by atoms with Crippen molar-refractivity contribution < 1.29 is 5.11 Å². The zero-order valence-corrected chi connectivity index (χ0v) is 9.57. The normalized spacial score (nSPS) is 36.4. The van der Waals surface area contributed by atoms with Gasteiger partial charge in [-0.3, -0.25) is 4.90 Å². The Balaban J connectivity index is 1.58. The van der Waals surface area contributed by atoms with Crippen LogP contribution in [0.1, 0.15) is 44.9 Å². The average molecular weight is 209 g/mol. The summed E-state index contributed by atoms with van der Waals surface area (Å²) >= 11 is 0. The summed E-state index contributed by atoms with van der Waals surface area (Å²) in [6.45, 7) is 2.55. The SMILES string of the molecule is O[C@@H]1CCC[C@H]1N(CC1CC1)CC1CC1. The van der Waals surface area contributed by atoms with E-state index in [0.717, 1.165) is 18.3 Å². The molecule has 0 aromatic carbocycles. The molecule has 0 aromatic heterocycles. The lowest BCUT2D eigenvalue weighted by atomic mass is 10.1. The van der Waals surface area contributed by atoms with Crippen LogP contribution in [0.15, 0.2) is 0 Å². The van der Waals surface area contributed by atoms with Gasteiger partial charge in [0.1, 0.15) is 0 Å². The van der Waals surface area contributed by atoms with E-state index in [1.54, 1.807) is 0 Å². The van der Waals surface area contributed by atoms with E-state index in [1.807, 2.05) is 0 Å². The van der Waals surface area contributed by atoms with Gasteiger partial charge in [0.2, 0.25) is 0 Å². The summed E-state index contributed by atoms with van der Waals surface area (Å²) in [4.78, 5) is 2.63. The third-order valence-corrected chi connectivity index (χ3v) is 4.29. The first-order valence-electron chi connectivity index (χ1n) is 6.75. The van der Waals surface area contributed by atoms with E-state index in [0.29, 0.717) is 6.04 Å². The van der Waals surface area contributed by atoms with Crippen molar-refractivity contribution in [3.63, 3.8) is 0 Å². The smallest absolute Gasteiger partial charge is 0.0695 e. The molecule has 0 aliphatic heterocycles. The average Bonchev–Trinajstić information content (AvgIpc) is 3.11. The predicted octanol–water partition coefficient (Wildman–Crippen LogP) is 2.02. The second kappa shape index (κ2) is 4.06. The molecule has 3 saturated carbocycles. The maximum atomic E-state index is 9.98. The highest BCUT2D eigenvalue weighted by Crippen LogP contribution is 2.36. The maximum absolute atomic E-state index is 9.98. The quantitative estimate of drug-likeness (QED) is 0.749. The van der Waals surface area contributed by atoms with Crippen LogP contribution in [0, 0.1) is 11.8 Å². The van der Waals surface area contributed by atoms with Crippen LogP contribution in [0.4, 0.5) is 0 Å². The van der Waals surface area contributed by atoms with Gasteiger partial charge in [-0.25, -0.2) is 0 Å². The topological polar surface area (TPSA) is 23.5 Å². The number of aliphatic hydroxyl groups excluding tert-OH is 1. The molecule has 0 unspecified atom stereocenters. The fraction of sp³-hybridized carbons (Fsp3) is 1.00. The van der Waals surface area contributed by atoms with E-state index in [2.05, 4.69) is 4.90 Å². The van der Waals surface area contributed by atoms with Crippen molar-refractivity contribution in [2.24, 2.45) is 11.8 Å². The van der Waals surface area contributed by atoms with E-state index in [-0.39, 0.29) is 6.10 Å². The minimum absolute atomic E-state index is 0.0255. The van der Waals surface area contributed by atoms with Crippen LogP contribution in [0.2, 0.25) is 0 Å². The van der Waals surface area contributed by atoms with Gasteiger partial charge < -0.3 is 5.11 Å². The molecule has 0 spiro atoms. The van der Waals surface area contributed by atoms with E-state index >= 15 is 0 Å². The lowest BCUT2D eigenvalue weighted by Gasteiger charge is -2.31. The molecular weight excluding hydrogens is 186 g/mol. The summed E-state index contributed by atoms with van der Waals surface area (Å²) in [5.41, 5.74) is 0. The van der Waals surface area contributed by atoms with Crippen LogP contribution in [0.5, 0.6) is 0 Å². The lowest BCUT2D eigenvalue weighted by molar-refractivity contribution is 0.0647. The minimum Gasteiger partial charge on any atom is -0.391 e. The molecule has 0 saturated heterocycles. The summed E-state index contributed by atoms with van der Waals surface area (Å²) in [6, 6.07) is 0.506. The zero-order chi connectivity index (χ0) is 10.3. The largest absolute Gasteiger partial charge is 0.391 e. The van der Waals surface area contributed by atoms with E-state index < -0.39 is 0 Å². The fourth-order valence-electron chi connectivity index (χ4n) is 2.96. The molecule has 3 aliphatic carbocycles. The van der Waals surface area contributed by atoms with E-state index in [9.17, 15) is 5.11 Å². The van der Waals surface area contributed by atoms with Gasteiger partial charge in [-0.1, -0.05) is 0 Å². The van der Waals surface area contributed by atoms with Crippen LogP contribution in [0.25, 0.3) is 0 Å². The first-order chi connectivity index (χ1) is 7.33. The van der Waals surface area contributed by atoms with Crippen LogP contribution in [-0.4, -0.2) is 35.2 Å². The molecule has 0 aromatic rings. The van der Waals surface area contributed by atoms with Crippen LogP contribution in [0.3, 0.4) is 0 Å². The number of aliphatic hydroxyl groups is 1. The van der Waals surface area contributed by atoms with Gasteiger partial charge in [0.15, 0.2) is 0 Å². The molecule has 0 radical (unpaired) electrons. The molecule has 2 atom stereocenters. The molecule has 0 bridgehead atoms. The first kappa shape index (κ1) is 10.1. The van der Waals surface area contributed by atoms with Gasteiger partial charge in [-0.15, -0.1) is 0 Å². The van der Waals surface area contributed by atoms with Gasteiger partial charge >= 0.3 is 0 Å². The lowest BCUT2D eigenvalue weighted by Crippen LogP contribution is -2.42. The second-order valence-electron chi connectivity index (χ2n) is 5.91. The number of rotatable bonds is 5. The Labute approximate surface area is 92.7 Å². The molecular formula is C13H23NO. The highest BCUT2D eigenvalue weighted by Gasteiger charge is 2.36. The summed E-state index contributed by atoms with van der Waals surface area (Å²) < 4.78 is 0. The van der Waals surface area contributed by atoms with E-state index in [1.165, 1.54) is 51.6 Å². The molecule has 1 N–H and O–H groups in total. The minimum atomic E-state index is -0.0255. The number of hydrogen-bond donors (Lipinski definition) is 1. The Morgan fingerprint density at radius 1 is 0.867 bits per heavy atom. The number of nitrogens with zero attached hydrogens (tertiary/aromatic N) is 1. The van der Waals surface area contributed by atoms with Crippen molar-refractivity contribution in [2.45, 2.75) is 57.1 Å². The highest BCUT2D eigenvalue weighted by molar-refractivity contribution is 4.91. The molecule has 0 amide bonds. The maximum Gasteiger partial charge on any atom is 0.0695 e. The van der Waals surface area contributed by atoms with Crippen LogP contribution < -0.4 is 0 Å². The Morgan fingerprint density at radius 2 is 1.47 bits per heavy atom. The zero-order valence-electron chi connectivity index (χ0n) is 9.57.